The molecule has 0 aliphatic rings. The van der Waals surface area contributed by atoms with Crippen LogP contribution in [0.5, 0.6) is 11.5 Å². The van der Waals surface area contributed by atoms with Gasteiger partial charge >= 0.3 is 5.78 Å². The van der Waals surface area contributed by atoms with Gasteiger partial charge in [-0.25, -0.2) is 22.0 Å². The summed E-state index contributed by atoms with van der Waals surface area (Å²) in [6.45, 7) is 0. The molecule has 0 aliphatic heterocycles. The van der Waals surface area contributed by atoms with Gasteiger partial charge in [0.2, 0.25) is 0 Å². The molecule has 208 valence electrons. The van der Waals surface area contributed by atoms with Crippen molar-refractivity contribution >= 4 is 29.3 Å². The second-order valence-electron chi connectivity index (χ2n) is 8.34. The number of carbonyl (C=O) groups excluding carboxylic acids is 1. The van der Waals surface area contributed by atoms with E-state index in [-0.39, 0.29) is 5.78 Å². The van der Waals surface area contributed by atoms with Crippen molar-refractivity contribution in [3.05, 3.63) is 143 Å². The number of phenols is 2. The summed E-state index contributed by atoms with van der Waals surface area (Å²) < 4.78 is 65.8. The Morgan fingerprint density at radius 3 is 1.56 bits per heavy atom. The number of phenolic OH excluding ortho intramolecular Hbond substituents is 2. The second-order valence-corrected chi connectivity index (χ2v) is 10.6. The van der Waals surface area contributed by atoms with Crippen LogP contribution in [-0.2, 0) is 0 Å². The highest BCUT2D eigenvalue weighted by molar-refractivity contribution is 7.99. The minimum Gasteiger partial charge on any atom is -0.503 e. The zero-order valence-electron chi connectivity index (χ0n) is 20.9. The van der Waals surface area contributed by atoms with Gasteiger partial charge in [-0.1, -0.05) is 47.8 Å². The molecule has 0 saturated heterocycles. The topological polar surface area (TPSA) is 61.9 Å². The molecule has 0 spiro atoms. The quantitative estimate of drug-likeness (QED) is 0.116. The van der Waals surface area contributed by atoms with Crippen LogP contribution >= 0.6 is 23.5 Å². The molecule has 0 aliphatic carbocycles. The van der Waals surface area contributed by atoms with Crippen LogP contribution < -0.4 is 0 Å². The van der Waals surface area contributed by atoms with Gasteiger partial charge in [0, 0.05) is 19.6 Å². The third-order valence-electron chi connectivity index (χ3n) is 5.47. The molecule has 0 unspecified atom stereocenters. The first-order chi connectivity index (χ1) is 19.6. The molecule has 0 aromatic heterocycles. The highest BCUT2D eigenvalue weighted by Crippen LogP contribution is 2.35. The predicted molar refractivity (Wildman–Crippen MR) is 149 cm³/mol. The van der Waals surface area contributed by atoms with Crippen LogP contribution in [0.15, 0.2) is 123 Å². The van der Waals surface area contributed by atoms with Crippen LogP contribution in [0.2, 0.25) is 0 Å². The maximum absolute atomic E-state index is 14.6. The minimum absolute atomic E-state index is 0.00420. The Balaban J connectivity index is 0.000000367. The lowest BCUT2D eigenvalue weighted by Gasteiger charge is -2.07. The first-order valence-electron chi connectivity index (χ1n) is 11.8. The van der Waals surface area contributed by atoms with Gasteiger partial charge in [0.05, 0.1) is 11.1 Å². The highest BCUT2D eigenvalue weighted by Gasteiger charge is 2.18. The lowest BCUT2D eigenvalue weighted by Crippen LogP contribution is -2.03. The van der Waals surface area contributed by atoms with Gasteiger partial charge in [-0.15, -0.1) is 0 Å². The van der Waals surface area contributed by atoms with E-state index in [0.29, 0.717) is 20.9 Å². The SMILES string of the molecule is Oc1c(F)cc(Sc2ccc(Sc3ccc(C(=[OH+])c4ccccc4)cc3F)cc2)cc1F.Oc1c(F)cccc1F. The molecule has 3 N–H and O–H groups in total. The van der Waals surface area contributed by atoms with Crippen LogP contribution in [0.25, 0.3) is 0 Å². The van der Waals surface area contributed by atoms with Gasteiger partial charge in [0.25, 0.3) is 0 Å². The smallest absolute Gasteiger partial charge is 0.354 e. The van der Waals surface area contributed by atoms with Crippen molar-refractivity contribution in [2.24, 2.45) is 0 Å². The lowest BCUT2D eigenvalue weighted by molar-refractivity contribution is 0.394. The zero-order valence-corrected chi connectivity index (χ0v) is 22.5. The largest absolute Gasteiger partial charge is 0.503 e. The van der Waals surface area contributed by atoms with E-state index in [1.54, 1.807) is 60.7 Å². The van der Waals surface area contributed by atoms with E-state index in [9.17, 15) is 31.9 Å². The Morgan fingerprint density at radius 2 is 1.02 bits per heavy atom. The van der Waals surface area contributed by atoms with Crippen LogP contribution in [-0.4, -0.2) is 20.8 Å². The molecule has 0 bridgehead atoms. The summed E-state index contributed by atoms with van der Waals surface area (Å²) in [5.74, 6) is -6.28. The number of hydrogen-bond acceptors (Lipinski definition) is 4. The summed E-state index contributed by atoms with van der Waals surface area (Å²) in [5.41, 5.74) is 0.993. The third-order valence-corrected chi connectivity index (χ3v) is 7.51. The average molecular weight is 600 g/mol. The molecule has 5 rings (SSSR count). The van der Waals surface area contributed by atoms with Crippen molar-refractivity contribution in [2.75, 3.05) is 0 Å². The van der Waals surface area contributed by atoms with Crippen LogP contribution in [0.3, 0.4) is 0 Å². The van der Waals surface area contributed by atoms with E-state index >= 15 is 0 Å². The van der Waals surface area contributed by atoms with Gasteiger partial charge in [-0.05, 0) is 78.9 Å². The normalized spacial score (nSPS) is 10.6. The van der Waals surface area contributed by atoms with Crippen molar-refractivity contribution in [1.82, 2.24) is 0 Å². The Labute approximate surface area is 240 Å². The summed E-state index contributed by atoms with van der Waals surface area (Å²) in [6.07, 6.45) is 0. The molecule has 5 aromatic carbocycles. The molecule has 0 heterocycles. The van der Waals surface area contributed by atoms with Crippen molar-refractivity contribution in [2.45, 2.75) is 19.6 Å². The first kappa shape index (κ1) is 29.7. The molecule has 0 radical (unpaired) electrons. The van der Waals surface area contributed by atoms with Crippen LogP contribution in [0.4, 0.5) is 22.0 Å². The Hall–Kier alpha value is -4.28. The number of aromatic hydroxyl groups is 2. The van der Waals surface area contributed by atoms with Crippen molar-refractivity contribution in [3.63, 3.8) is 0 Å². The van der Waals surface area contributed by atoms with E-state index in [2.05, 4.69) is 0 Å². The van der Waals surface area contributed by atoms with Crippen LogP contribution in [0, 0.1) is 29.1 Å². The summed E-state index contributed by atoms with van der Waals surface area (Å²) in [5, 5.41) is 17.6. The standard InChI is InChI=1S/C25H15F3O2S2.C6H4F2O/c26-20-12-16(24(29)15-4-2-1-3-5-15)6-11-23(20)32-18-9-7-17(8-10-18)31-19-13-21(27)25(30)22(28)14-19;7-4-2-1-3-5(8)6(4)9/h1-14,30H;1-3,9H/p+1. The summed E-state index contributed by atoms with van der Waals surface area (Å²) in [4.78, 5) is 12.6. The van der Waals surface area contributed by atoms with Crippen molar-refractivity contribution < 1.29 is 37.0 Å². The second kappa shape index (κ2) is 13.4. The summed E-state index contributed by atoms with van der Waals surface area (Å²) in [7, 11) is 0. The maximum Gasteiger partial charge on any atom is 0.354 e. The molecular weight excluding hydrogens is 579 g/mol. The fraction of sp³-hybridized carbons (Fsp3) is 0. The molecule has 0 atom stereocenters. The molecule has 3 nitrogen and oxygen atoms in total. The van der Waals surface area contributed by atoms with Gasteiger partial charge < -0.3 is 10.2 Å². The fourth-order valence-corrected chi connectivity index (χ4v) is 5.11. The fourth-order valence-electron chi connectivity index (χ4n) is 3.42. The molecular formula is C31H20F5O3S2+. The van der Waals surface area contributed by atoms with Gasteiger partial charge in [0.1, 0.15) is 5.82 Å². The summed E-state index contributed by atoms with van der Waals surface area (Å²) in [6, 6.07) is 25.8. The molecule has 0 saturated carbocycles. The number of para-hydroxylation sites is 1. The van der Waals surface area contributed by atoms with Crippen molar-refractivity contribution in [1.29, 1.82) is 0 Å². The van der Waals surface area contributed by atoms with E-state index in [0.717, 1.165) is 45.8 Å². The Kier molecular flexibility index (Phi) is 9.69. The van der Waals surface area contributed by atoms with Crippen molar-refractivity contribution in [3.8, 4) is 11.5 Å². The van der Waals surface area contributed by atoms with E-state index in [1.165, 1.54) is 23.9 Å². The van der Waals surface area contributed by atoms with Gasteiger partial charge in [0.15, 0.2) is 34.8 Å². The van der Waals surface area contributed by atoms with Gasteiger partial charge in [-0.3, -0.25) is 4.79 Å². The minimum atomic E-state index is -1.02. The van der Waals surface area contributed by atoms with E-state index < -0.39 is 40.6 Å². The highest BCUT2D eigenvalue weighted by atomic mass is 32.2. The molecule has 0 fully saturated rings. The molecule has 41 heavy (non-hydrogen) atoms. The Morgan fingerprint density at radius 1 is 0.488 bits per heavy atom. The van der Waals surface area contributed by atoms with Gasteiger partial charge in [-0.2, -0.15) is 0 Å². The van der Waals surface area contributed by atoms with E-state index in [4.69, 9.17) is 5.11 Å². The third kappa shape index (κ3) is 7.68. The monoisotopic (exact) mass is 599 g/mol. The average Bonchev–Trinajstić information content (AvgIpc) is 2.97. The number of ketones is 1. The number of rotatable bonds is 6. The molecule has 10 heteroatoms. The predicted octanol–water partition coefficient (Wildman–Crippen LogP) is 8.72. The van der Waals surface area contributed by atoms with E-state index in [1.807, 2.05) is 6.07 Å². The maximum atomic E-state index is 14.6. The number of benzene rings is 5. The summed E-state index contributed by atoms with van der Waals surface area (Å²) >= 11 is 2.36. The number of halogens is 5. The molecule has 5 aromatic rings. The van der Waals surface area contributed by atoms with Crippen LogP contribution in [0.1, 0.15) is 11.1 Å². The molecule has 0 amide bonds. The number of hydrogen-bond donors (Lipinski definition) is 2. The Bertz CT molecular complexity index is 1640. The lowest BCUT2D eigenvalue weighted by atomic mass is 10.0. The first-order valence-corrected chi connectivity index (χ1v) is 13.4. The zero-order chi connectivity index (χ0) is 29.5.